The van der Waals surface area contributed by atoms with E-state index in [9.17, 15) is 14.4 Å². The van der Waals surface area contributed by atoms with E-state index in [1.165, 1.54) is 30.6 Å². The average molecular weight is 759 g/mol. The number of thiol groups is 1. The molecule has 7 heterocycles. The van der Waals surface area contributed by atoms with Crippen LogP contribution >= 0.6 is 25.8 Å². The second-order valence-electron chi connectivity index (χ2n) is 11.7. The maximum absolute atomic E-state index is 12.0. The smallest absolute Gasteiger partial charge is 0.382 e. The molecular formula is C25H32N10O10P2S2. The molecule has 10 atom stereocenters. The Labute approximate surface area is 288 Å². The van der Waals surface area contributed by atoms with Crippen LogP contribution in [0.25, 0.3) is 11.2 Å². The predicted octanol–water partition coefficient (Wildman–Crippen LogP) is 0.773. The lowest BCUT2D eigenvalue weighted by molar-refractivity contribution is -0.184. The number of nitrogen functional groups attached to an aromatic ring is 1. The lowest BCUT2D eigenvalue weighted by Crippen LogP contribution is -2.46. The summed E-state index contributed by atoms with van der Waals surface area (Å²) in [6.45, 7) is -1.71. The molecule has 4 bridgehead atoms. The Morgan fingerprint density at radius 2 is 1.82 bits per heavy atom. The predicted molar refractivity (Wildman–Crippen MR) is 179 cm³/mol. The van der Waals surface area contributed by atoms with Gasteiger partial charge in [-0.1, -0.05) is 18.3 Å². The van der Waals surface area contributed by atoms with Gasteiger partial charge in [0.2, 0.25) is 0 Å². The van der Waals surface area contributed by atoms with E-state index in [0.29, 0.717) is 11.2 Å². The molecule has 6 N–H and O–H groups in total. The molecule has 3 aromatic heterocycles. The van der Waals surface area contributed by atoms with Gasteiger partial charge in [-0.15, -0.1) is 6.58 Å². The van der Waals surface area contributed by atoms with Crippen LogP contribution in [0, 0.1) is 5.92 Å². The molecule has 0 saturated carbocycles. The number of nitrogens with zero attached hydrogens (tertiary/aromatic N) is 8. The van der Waals surface area contributed by atoms with Gasteiger partial charge in [0.15, 0.2) is 29.7 Å². The summed E-state index contributed by atoms with van der Waals surface area (Å²) in [5.41, 5.74) is 10.4. The third-order valence-corrected chi connectivity index (χ3v) is 11.2. The topological polar surface area (TPSA) is 260 Å². The van der Waals surface area contributed by atoms with Gasteiger partial charge in [-0.3, -0.25) is 23.2 Å². The van der Waals surface area contributed by atoms with E-state index in [0.717, 1.165) is 0 Å². The molecule has 4 saturated heterocycles. The molecule has 0 radical (unpaired) electrons. The van der Waals surface area contributed by atoms with Crippen molar-refractivity contribution in [1.82, 2.24) is 29.1 Å². The number of rotatable bonds is 13. The number of ether oxygens (including phenoxy) is 4. The highest BCUT2D eigenvalue weighted by atomic mass is 32.7. The molecule has 24 heteroatoms. The molecule has 0 aromatic carbocycles. The molecule has 3 aromatic rings. The zero-order valence-electron chi connectivity index (χ0n) is 25.7. The molecule has 0 amide bonds. The van der Waals surface area contributed by atoms with Crippen LogP contribution in [-0.4, -0.2) is 114 Å². The maximum atomic E-state index is 12.0. The van der Waals surface area contributed by atoms with Crippen molar-refractivity contribution in [2.75, 3.05) is 39.2 Å². The molecule has 7 rings (SSSR count). The van der Waals surface area contributed by atoms with Crippen LogP contribution in [0.2, 0.25) is 0 Å². The van der Waals surface area contributed by atoms with Gasteiger partial charge in [0.1, 0.15) is 52.9 Å². The van der Waals surface area contributed by atoms with E-state index in [1.54, 1.807) is 10.6 Å². The summed E-state index contributed by atoms with van der Waals surface area (Å²) in [5, 5.41) is 0. The largest absolute Gasteiger partial charge is 0.383 e. The number of amidine groups is 1. The van der Waals surface area contributed by atoms with Crippen LogP contribution in [0.15, 0.2) is 41.6 Å². The minimum atomic E-state index is -4.29. The lowest BCUT2D eigenvalue weighted by Gasteiger charge is -2.34. The highest BCUT2D eigenvalue weighted by Gasteiger charge is 2.66. The van der Waals surface area contributed by atoms with Crippen LogP contribution < -0.4 is 11.5 Å². The Kier molecular flexibility index (Phi) is 8.87. The monoisotopic (exact) mass is 758 g/mol. The zero-order chi connectivity index (χ0) is 34.9. The first-order valence-corrected chi connectivity index (χ1v) is 19.8. The first kappa shape index (κ1) is 34.7. The van der Waals surface area contributed by atoms with Crippen molar-refractivity contribution in [3.8, 4) is 0 Å². The summed E-state index contributed by atoms with van der Waals surface area (Å²) in [7, 11) is 1.49. The number of nitrogens with two attached hydrogens (primary N) is 2. The molecule has 0 spiro atoms. The van der Waals surface area contributed by atoms with Crippen LogP contribution in [0.5, 0.6) is 0 Å². The first-order chi connectivity index (χ1) is 23.3. The van der Waals surface area contributed by atoms with Gasteiger partial charge >= 0.3 is 13.5 Å². The van der Waals surface area contributed by atoms with E-state index >= 15 is 0 Å². The summed E-state index contributed by atoms with van der Waals surface area (Å²) >= 11 is 9.11. The van der Waals surface area contributed by atoms with Gasteiger partial charge < -0.3 is 44.7 Å². The zero-order valence-corrected chi connectivity index (χ0v) is 29.2. The van der Waals surface area contributed by atoms with Gasteiger partial charge in [0.05, 0.1) is 39.1 Å². The summed E-state index contributed by atoms with van der Waals surface area (Å²) in [4.78, 5) is 46.2. The van der Waals surface area contributed by atoms with Crippen LogP contribution in [0.4, 0.5) is 11.6 Å². The molecule has 20 nitrogen and oxygen atoms in total. The van der Waals surface area contributed by atoms with E-state index in [4.69, 9.17) is 55.8 Å². The maximum Gasteiger partial charge on any atom is 0.383 e. The quantitative estimate of drug-likeness (QED) is 0.0530. The van der Waals surface area contributed by atoms with Crippen molar-refractivity contribution in [2.45, 2.75) is 42.0 Å². The van der Waals surface area contributed by atoms with Gasteiger partial charge in [0, 0.05) is 13.0 Å². The standard InChI is InChI=1S/C25H32N10O10P2S2/c1-4-12-15-22(35-11-33-14-19(27)30-9-31-21(14)35)43-24(12,5-39-15)7-42-47(38,49)45-17-16-23(34-10-32-13(18(26)28-2)20(34)29-3)44-25(17,6-40-16)8-41-46(36,37)48/h4,9-12,15-17,22-23H,1,3,5-8H2,2H3,(H2,26,28)(H,38,49)(H2,27,30,31)(H2,36,37,48)/t12-,15+,16+,17-,22+,23+,24+,25+,47?/m0/s1. The number of imidazole rings is 2. The fraction of sp³-hybridized carbons (Fsp3) is 0.520. The molecule has 4 aliphatic rings. The Hall–Kier alpha value is -2.69. The van der Waals surface area contributed by atoms with Crippen molar-refractivity contribution in [2.24, 2.45) is 21.6 Å². The highest BCUT2D eigenvalue weighted by molar-refractivity contribution is 8.44. The first-order valence-electron chi connectivity index (χ1n) is 14.5. The van der Waals surface area contributed by atoms with Crippen molar-refractivity contribution in [3.63, 3.8) is 0 Å². The minimum absolute atomic E-state index is 0.0944. The average Bonchev–Trinajstić information content (AvgIpc) is 3.91. The normalized spacial score (nSPS) is 34.7. The van der Waals surface area contributed by atoms with E-state index < -0.39 is 68.0 Å². The Morgan fingerprint density at radius 3 is 2.53 bits per heavy atom. The molecular weight excluding hydrogens is 726 g/mol. The van der Waals surface area contributed by atoms with E-state index in [2.05, 4.69) is 55.5 Å². The number of aliphatic imine (C=N–C) groups is 2. The highest BCUT2D eigenvalue weighted by Crippen LogP contribution is 2.59. The third-order valence-electron chi connectivity index (χ3n) is 8.88. The molecule has 0 aliphatic carbocycles. The second kappa shape index (κ2) is 12.5. The third kappa shape index (κ3) is 5.87. The van der Waals surface area contributed by atoms with Gasteiger partial charge in [-0.25, -0.2) is 29.5 Å². The number of anilines is 1. The summed E-state index contributed by atoms with van der Waals surface area (Å²) in [6.07, 6.45) is 1.60. The van der Waals surface area contributed by atoms with Crippen LogP contribution in [0.1, 0.15) is 18.1 Å². The van der Waals surface area contributed by atoms with Gasteiger partial charge in [0.25, 0.3) is 0 Å². The lowest BCUT2D eigenvalue weighted by atomic mass is 9.89. The molecule has 4 aliphatic heterocycles. The minimum Gasteiger partial charge on any atom is -0.382 e. The summed E-state index contributed by atoms with van der Waals surface area (Å²) in [5.74, 6) is 0.121. The Morgan fingerprint density at radius 1 is 1.14 bits per heavy atom. The second-order valence-corrected chi connectivity index (χ2v) is 17.2. The van der Waals surface area contributed by atoms with Gasteiger partial charge in [-0.05, 0) is 18.5 Å². The fourth-order valence-electron chi connectivity index (χ4n) is 6.63. The Balaban J connectivity index is 1.13. The van der Waals surface area contributed by atoms with Crippen molar-refractivity contribution in [3.05, 3.63) is 37.3 Å². The van der Waals surface area contributed by atoms with Gasteiger partial charge in [-0.2, -0.15) is 0 Å². The van der Waals surface area contributed by atoms with Crippen LogP contribution in [0.3, 0.4) is 0 Å². The molecule has 2 unspecified atom stereocenters. The van der Waals surface area contributed by atoms with Crippen molar-refractivity contribution in [1.29, 1.82) is 0 Å². The Bertz CT molecular complexity index is 1940. The molecule has 264 valence electrons. The number of hydrogen-bond acceptors (Lipinski definition) is 16. The number of fused-ring (bicyclic) bond motifs is 5. The fourth-order valence-corrected chi connectivity index (χ4v) is 8.66. The van der Waals surface area contributed by atoms with Crippen molar-refractivity contribution >= 4 is 72.9 Å². The van der Waals surface area contributed by atoms with E-state index in [1.807, 2.05) is 0 Å². The number of hydrogen-bond donors (Lipinski definition) is 5. The van der Waals surface area contributed by atoms with E-state index in [-0.39, 0.29) is 43.0 Å². The molecule has 4 fully saturated rings. The summed E-state index contributed by atoms with van der Waals surface area (Å²) in [6, 6.07) is 0. The number of aromatic nitrogens is 6. The summed E-state index contributed by atoms with van der Waals surface area (Å²) < 4.78 is 57.4. The van der Waals surface area contributed by atoms with Crippen molar-refractivity contribution < 1.29 is 46.9 Å². The SMILES string of the molecule is C=C[C@H]1[C@H]2OC[C@]1(COP(O)(=S)O[C@H]1[C@H]3OC[C@]1(COP(=O)(O)S)O[C@H]3n1cnc(C(N)=NC)c1N=C)O[C@H]2n1cnc2c(N)ncnc21. The molecule has 49 heavy (non-hydrogen) atoms. The van der Waals surface area contributed by atoms with Crippen LogP contribution in [-0.2, 0) is 48.9 Å².